The van der Waals surface area contributed by atoms with Crippen molar-refractivity contribution in [2.45, 2.75) is 13.0 Å². The summed E-state index contributed by atoms with van der Waals surface area (Å²) in [5.41, 5.74) is 7.19. The molecule has 0 fully saturated rings. The van der Waals surface area contributed by atoms with Crippen LogP contribution in [0.2, 0.25) is 0 Å². The van der Waals surface area contributed by atoms with Crippen LogP contribution in [-0.2, 0) is 32.0 Å². The molecule has 10 heteroatoms. The number of hydrogen-bond acceptors (Lipinski definition) is 10. The largest absolute Gasteiger partial charge is 0.497 e. The Labute approximate surface area is 175 Å². The highest BCUT2D eigenvalue weighted by Gasteiger charge is 2.28. The summed E-state index contributed by atoms with van der Waals surface area (Å²) in [4.78, 5) is 36.6. The average Bonchev–Trinajstić information content (AvgIpc) is 3.30. The molecule has 0 bridgehead atoms. The Bertz CT molecular complexity index is 1110. The van der Waals surface area contributed by atoms with Crippen molar-refractivity contribution in [1.82, 2.24) is 0 Å². The first-order valence-electron chi connectivity index (χ1n) is 8.67. The summed E-state index contributed by atoms with van der Waals surface area (Å²) in [6, 6.07) is 5.25. The van der Waals surface area contributed by atoms with Crippen molar-refractivity contribution in [3.05, 3.63) is 46.0 Å². The molecule has 0 atom stereocenters. The molecule has 0 spiro atoms. The van der Waals surface area contributed by atoms with Crippen LogP contribution >= 0.6 is 11.3 Å². The van der Waals surface area contributed by atoms with Gasteiger partial charge in [0.25, 0.3) is 0 Å². The van der Waals surface area contributed by atoms with Gasteiger partial charge in [-0.15, -0.1) is 11.3 Å². The fourth-order valence-electron chi connectivity index (χ4n) is 2.89. The molecule has 1 aromatic carbocycles. The number of methoxy groups -OCH3 is 3. The van der Waals surface area contributed by atoms with Gasteiger partial charge in [0.1, 0.15) is 33.4 Å². The van der Waals surface area contributed by atoms with Crippen LogP contribution in [-0.4, -0.2) is 39.2 Å². The monoisotopic (exact) mass is 433 g/mol. The number of esters is 3. The minimum atomic E-state index is -0.736. The number of hydrogen-bond donors (Lipinski definition) is 1. The zero-order chi connectivity index (χ0) is 21.8. The van der Waals surface area contributed by atoms with Crippen molar-refractivity contribution in [2.24, 2.45) is 0 Å². The van der Waals surface area contributed by atoms with E-state index >= 15 is 0 Å². The number of furan rings is 1. The predicted molar refractivity (Wildman–Crippen MR) is 108 cm³/mol. The maximum absolute atomic E-state index is 12.4. The van der Waals surface area contributed by atoms with Crippen molar-refractivity contribution in [3.63, 3.8) is 0 Å². The Morgan fingerprint density at radius 3 is 2.50 bits per heavy atom. The quantitative estimate of drug-likeness (QED) is 0.442. The normalized spacial score (nSPS) is 10.6. The first kappa shape index (κ1) is 21.2. The van der Waals surface area contributed by atoms with Crippen molar-refractivity contribution in [2.75, 3.05) is 27.1 Å². The first-order valence-corrected chi connectivity index (χ1v) is 9.48. The van der Waals surface area contributed by atoms with E-state index in [0.29, 0.717) is 16.9 Å². The van der Waals surface area contributed by atoms with Gasteiger partial charge in [-0.25, -0.2) is 9.59 Å². The molecule has 2 heterocycles. The van der Waals surface area contributed by atoms with Gasteiger partial charge in [0.05, 0.1) is 34.0 Å². The summed E-state index contributed by atoms with van der Waals surface area (Å²) in [6.45, 7) is -0.342. The molecule has 0 saturated carbocycles. The molecule has 2 N–H and O–H groups in total. The fraction of sp³-hybridized carbons (Fsp3) is 0.250. The second-order valence-electron chi connectivity index (χ2n) is 6.09. The lowest BCUT2D eigenvalue weighted by Crippen LogP contribution is -2.13. The number of thiophene rings is 1. The van der Waals surface area contributed by atoms with Crippen LogP contribution in [0, 0.1) is 0 Å². The lowest BCUT2D eigenvalue weighted by Gasteiger charge is -2.08. The van der Waals surface area contributed by atoms with E-state index in [0.717, 1.165) is 16.7 Å². The van der Waals surface area contributed by atoms with Crippen LogP contribution in [0.1, 0.15) is 31.2 Å². The van der Waals surface area contributed by atoms with Gasteiger partial charge in [0.2, 0.25) is 0 Å². The maximum atomic E-state index is 12.4. The van der Waals surface area contributed by atoms with E-state index in [1.165, 1.54) is 20.5 Å². The van der Waals surface area contributed by atoms with E-state index < -0.39 is 17.9 Å². The molecule has 9 nitrogen and oxygen atoms in total. The third kappa shape index (κ3) is 4.08. The lowest BCUT2D eigenvalue weighted by atomic mass is 10.1. The van der Waals surface area contributed by atoms with Crippen LogP contribution in [0.15, 0.2) is 28.9 Å². The number of carbonyl (C=O) groups excluding carboxylic acids is 3. The van der Waals surface area contributed by atoms with Crippen molar-refractivity contribution in [1.29, 1.82) is 0 Å². The minimum absolute atomic E-state index is 0.0171. The molecule has 0 unspecified atom stereocenters. The van der Waals surface area contributed by atoms with Gasteiger partial charge in [-0.05, 0) is 12.1 Å². The average molecular weight is 433 g/mol. The van der Waals surface area contributed by atoms with E-state index in [2.05, 4.69) is 0 Å². The molecule has 0 aliphatic rings. The highest BCUT2D eigenvalue weighted by molar-refractivity contribution is 7.18. The number of rotatable bonds is 7. The number of nitrogen functional groups attached to an aromatic ring is 1. The SMILES string of the molecule is COC(=O)c1sc(N)c(C(=O)OC)c1COC(=O)Cc1coc2cc(OC)ccc12. The van der Waals surface area contributed by atoms with Crippen LogP contribution in [0.5, 0.6) is 5.75 Å². The van der Waals surface area contributed by atoms with Gasteiger partial charge in [-0.3, -0.25) is 4.79 Å². The molecule has 158 valence electrons. The van der Waals surface area contributed by atoms with Gasteiger partial charge in [-0.1, -0.05) is 0 Å². The number of carbonyl (C=O) groups is 3. The third-order valence-electron chi connectivity index (χ3n) is 4.37. The predicted octanol–water partition coefficient (Wildman–Crippen LogP) is 2.94. The number of benzene rings is 1. The van der Waals surface area contributed by atoms with Gasteiger partial charge in [0.15, 0.2) is 0 Å². The van der Waals surface area contributed by atoms with Crippen molar-refractivity contribution in [3.8, 4) is 5.75 Å². The zero-order valence-electron chi connectivity index (χ0n) is 16.5. The van der Waals surface area contributed by atoms with E-state index in [4.69, 9.17) is 29.1 Å². The standard InChI is InChI=1S/C20H19NO8S/c1-25-11-4-5-12-10(8-28-14(12)7-11)6-15(22)29-9-13-16(19(23)26-2)18(21)30-17(13)20(24)27-3/h4-5,7-8H,6,9,21H2,1-3H3. The van der Waals surface area contributed by atoms with E-state index in [1.54, 1.807) is 25.3 Å². The smallest absolute Gasteiger partial charge is 0.348 e. The summed E-state index contributed by atoms with van der Waals surface area (Å²) in [6.07, 6.45) is 1.40. The van der Waals surface area contributed by atoms with Crippen LogP contribution < -0.4 is 10.5 Å². The number of nitrogens with two attached hydrogens (primary N) is 1. The first-order chi connectivity index (χ1) is 14.4. The molecule has 3 rings (SSSR count). The maximum Gasteiger partial charge on any atom is 0.348 e. The molecule has 2 aromatic heterocycles. The molecule has 30 heavy (non-hydrogen) atoms. The van der Waals surface area contributed by atoms with E-state index in [-0.39, 0.29) is 34.0 Å². The molecular formula is C20H19NO8S. The highest BCUT2D eigenvalue weighted by Crippen LogP contribution is 2.33. The molecule has 3 aromatic rings. The van der Waals surface area contributed by atoms with Crippen molar-refractivity contribution < 1.29 is 37.7 Å². The number of anilines is 1. The number of ether oxygens (including phenoxy) is 4. The number of fused-ring (bicyclic) bond motifs is 1. The molecule has 0 aliphatic carbocycles. The molecule has 0 saturated heterocycles. The van der Waals surface area contributed by atoms with Gasteiger partial charge in [0, 0.05) is 22.6 Å². The second-order valence-corrected chi connectivity index (χ2v) is 7.14. The summed E-state index contributed by atoms with van der Waals surface area (Å²) < 4.78 is 25.4. The Balaban J connectivity index is 1.79. The summed E-state index contributed by atoms with van der Waals surface area (Å²) in [5, 5.41) is 0.820. The minimum Gasteiger partial charge on any atom is -0.497 e. The van der Waals surface area contributed by atoms with Gasteiger partial charge < -0.3 is 29.1 Å². The zero-order valence-corrected chi connectivity index (χ0v) is 17.3. The lowest BCUT2D eigenvalue weighted by molar-refractivity contribution is -0.144. The van der Waals surface area contributed by atoms with Crippen LogP contribution in [0.3, 0.4) is 0 Å². The van der Waals surface area contributed by atoms with Crippen LogP contribution in [0.4, 0.5) is 5.00 Å². The Morgan fingerprint density at radius 1 is 1.10 bits per heavy atom. The second kappa shape index (κ2) is 8.87. The Kier molecular flexibility index (Phi) is 6.26. The third-order valence-corrected chi connectivity index (χ3v) is 5.41. The molecular weight excluding hydrogens is 414 g/mol. The van der Waals surface area contributed by atoms with E-state index in [1.807, 2.05) is 0 Å². The topological polar surface area (TPSA) is 127 Å². The van der Waals surface area contributed by atoms with E-state index in [9.17, 15) is 14.4 Å². The van der Waals surface area contributed by atoms with Crippen molar-refractivity contribution >= 4 is 45.2 Å². The molecule has 0 amide bonds. The Hall–Kier alpha value is -3.53. The van der Waals surface area contributed by atoms with Crippen LogP contribution in [0.25, 0.3) is 11.0 Å². The molecule has 0 aliphatic heterocycles. The summed E-state index contributed by atoms with van der Waals surface area (Å²) >= 11 is 0.864. The summed E-state index contributed by atoms with van der Waals surface area (Å²) in [5.74, 6) is -1.38. The fourth-order valence-corrected chi connectivity index (χ4v) is 3.87. The van der Waals surface area contributed by atoms with Gasteiger partial charge >= 0.3 is 17.9 Å². The molecule has 0 radical (unpaired) electrons. The summed E-state index contributed by atoms with van der Waals surface area (Å²) in [7, 11) is 3.93. The Morgan fingerprint density at radius 2 is 1.83 bits per heavy atom. The highest BCUT2D eigenvalue weighted by atomic mass is 32.1. The van der Waals surface area contributed by atoms with Gasteiger partial charge in [-0.2, -0.15) is 0 Å².